The summed E-state index contributed by atoms with van der Waals surface area (Å²) < 4.78 is 5.72. The number of ether oxygens (including phenoxy) is 1. The second-order valence-electron chi connectivity index (χ2n) is 4.41. The zero-order chi connectivity index (χ0) is 14.0. The van der Waals surface area contributed by atoms with Gasteiger partial charge in [0, 0.05) is 5.69 Å². The van der Waals surface area contributed by atoms with E-state index < -0.39 is 0 Å². The number of nitrogens with zero attached hydrogens (tertiary/aromatic N) is 2. The molecule has 0 unspecified atom stereocenters. The van der Waals surface area contributed by atoms with E-state index in [0.717, 1.165) is 22.6 Å². The molecule has 0 aliphatic carbocycles. The van der Waals surface area contributed by atoms with Crippen LogP contribution in [0, 0.1) is 20.8 Å². The molecule has 0 atom stereocenters. The Labute approximate surface area is 117 Å². The molecule has 1 aromatic heterocycles. The van der Waals surface area contributed by atoms with Crippen molar-refractivity contribution in [2.45, 2.75) is 20.8 Å². The maximum atomic E-state index is 5.72. The highest BCUT2D eigenvalue weighted by Crippen LogP contribution is 2.24. The molecule has 98 valence electrons. The topological polar surface area (TPSA) is 61.0 Å². The zero-order valence-corrected chi connectivity index (χ0v) is 11.9. The molecule has 0 aliphatic rings. The normalized spacial score (nSPS) is 10.3. The van der Waals surface area contributed by atoms with E-state index in [0.29, 0.717) is 5.69 Å². The minimum atomic E-state index is 0.233. The van der Waals surface area contributed by atoms with E-state index in [4.69, 9.17) is 22.7 Å². The highest BCUT2D eigenvalue weighted by Gasteiger charge is 2.08. The molecule has 0 saturated carbocycles. The first kappa shape index (κ1) is 13.4. The SMILES string of the molecule is Cc1ccc(C)c(Oc2nc(C)cc(C(N)=S)n2)c1. The Morgan fingerprint density at radius 1 is 1.16 bits per heavy atom. The second kappa shape index (κ2) is 5.32. The fourth-order valence-electron chi connectivity index (χ4n) is 1.63. The molecule has 1 heterocycles. The molecule has 1 aromatic carbocycles. The summed E-state index contributed by atoms with van der Waals surface area (Å²) in [4.78, 5) is 8.67. The van der Waals surface area contributed by atoms with E-state index >= 15 is 0 Å². The van der Waals surface area contributed by atoms with Gasteiger partial charge in [-0.2, -0.15) is 4.98 Å². The van der Waals surface area contributed by atoms with Crippen molar-refractivity contribution in [3.8, 4) is 11.8 Å². The van der Waals surface area contributed by atoms with Gasteiger partial charge in [-0.15, -0.1) is 0 Å². The number of aromatic nitrogens is 2. The molecule has 2 rings (SSSR count). The summed E-state index contributed by atoms with van der Waals surface area (Å²) in [5.74, 6) is 0.736. The van der Waals surface area contributed by atoms with Gasteiger partial charge in [-0.1, -0.05) is 24.4 Å². The number of rotatable bonds is 3. The standard InChI is InChI=1S/C14H15N3OS/c1-8-4-5-9(2)12(6-8)18-14-16-10(3)7-11(17-14)13(15)19/h4-7H,1-3H3,(H2,15,19). The van der Waals surface area contributed by atoms with Crippen LogP contribution in [-0.4, -0.2) is 15.0 Å². The predicted octanol–water partition coefficient (Wildman–Crippen LogP) is 2.83. The lowest BCUT2D eigenvalue weighted by Gasteiger charge is -2.09. The predicted molar refractivity (Wildman–Crippen MR) is 78.6 cm³/mol. The summed E-state index contributed by atoms with van der Waals surface area (Å²) >= 11 is 4.92. The molecule has 5 heteroatoms. The summed E-state index contributed by atoms with van der Waals surface area (Å²) in [5.41, 5.74) is 9.00. The molecule has 4 nitrogen and oxygen atoms in total. The molecule has 2 N–H and O–H groups in total. The lowest BCUT2D eigenvalue weighted by Crippen LogP contribution is -2.13. The Morgan fingerprint density at radius 2 is 1.89 bits per heavy atom. The number of hydrogen-bond acceptors (Lipinski definition) is 4. The summed E-state index contributed by atoms with van der Waals surface area (Å²) in [6.07, 6.45) is 0. The third-order valence-electron chi connectivity index (χ3n) is 2.63. The van der Waals surface area contributed by atoms with Crippen LogP contribution in [0.25, 0.3) is 0 Å². The van der Waals surface area contributed by atoms with E-state index in [1.54, 1.807) is 6.07 Å². The summed E-state index contributed by atoms with van der Waals surface area (Å²) in [6.45, 7) is 5.82. The lowest BCUT2D eigenvalue weighted by atomic mass is 10.1. The van der Waals surface area contributed by atoms with Gasteiger partial charge in [0.2, 0.25) is 0 Å². The fraction of sp³-hybridized carbons (Fsp3) is 0.214. The highest BCUT2D eigenvalue weighted by atomic mass is 32.1. The molecular weight excluding hydrogens is 258 g/mol. The van der Waals surface area contributed by atoms with Crippen LogP contribution in [0.3, 0.4) is 0 Å². The minimum absolute atomic E-state index is 0.233. The first-order valence-electron chi connectivity index (χ1n) is 5.86. The Kier molecular flexibility index (Phi) is 3.76. The fourth-order valence-corrected chi connectivity index (χ4v) is 1.73. The first-order chi connectivity index (χ1) is 8.95. The van der Waals surface area contributed by atoms with Crippen LogP contribution in [0.1, 0.15) is 22.5 Å². The number of nitrogens with two attached hydrogens (primary N) is 1. The van der Waals surface area contributed by atoms with Gasteiger partial charge >= 0.3 is 6.01 Å². The van der Waals surface area contributed by atoms with Crippen LogP contribution in [0.2, 0.25) is 0 Å². The molecule has 0 saturated heterocycles. The first-order valence-corrected chi connectivity index (χ1v) is 6.27. The number of aryl methyl sites for hydroxylation is 3. The average Bonchev–Trinajstić information content (AvgIpc) is 2.33. The van der Waals surface area contributed by atoms with Crippen molar-refractivity contribution in [1.82, 2.24) is 9.97 Å². The monoisotopic (exact) mass is 273 g/mol. The maximum Gasteiger partial charge on any atom is 0.322 e. The number of benzene rings is 1. The van der Waals surface area contributed by atoms with E-state index in [9.17, 15) is 0 Å². The molecule has 0 amide bonds. The van der Waals surface area contributed by atoms with Crippen LogP contribution < -0.4 is 10.5 Å². The summed E-state index contributed by atoms with van der Waals surface area (Å²) in [5, 5.41) is 0. The number of thiocarbonyl (C=S) groups is 1. The average molecular weight is 273 g/mol. The third kappa shape index (κ3) is 3.26. The zero-order valence-electron chi connectivity index (χ0n) is 11.1. The van der Waals surface area contributed by atoms with Gasteiger partial charge in [0.05, 0.1) is 0 Å². The van der Waals surface area contributed by atoms with Gasteiger partial charge < -0.3 is 10.5 Å². The van der Waals surface area contributed by atoms with Gasteiger partial charge in [0.1, 0.15) is 16.4 Å². The summed E-state index contributed by atoms with van der Waals surface area (Å²) in [7, 11) is 0. The summed E-state index contributed by atoms with van der Waals surface area (Å²) in [6, 6.07) is 7.96. The van der Waals surface area contributed by atoms with E-state index in [1.807, 2.05) is 39.0 Å². The Hall–Kier alpha value is -2.01. The quantitative estimate of drug-likeness (QED) is 0.871. The van der Waals surface area contributed by atoms with E-state index in [-0.39, 0.29) is 11.0 Å². The largest absolute Gasteiger partial charge is 0.424 e. The molecular formula is C14H15N3OS. The second-order valence-corrected chi connectivity index (χ2v) is 4.85. The van der Waals surface area contributed by atoms with Crippen molar-refractivity contribution in [2.24, 2.45) is 5.73 Å². The van der Waals surface area contributed by atoms with Gasteiger partial charge in [-0.05, 0) is 44.0 Å². The van der Waals surface area contributed by atoms with Crippen molar-refractivity contribution in [2.75, 3.05) is 0 Å². The van der Waals surface area contributed by atoms with Crippen LogP contribution in [0.4, 0.5) is 0 Å². The Bertz CT molecular complexity index is 641. The van der Waals surface area contributed by atoms with Crippen LogP contribution in [-0.2, 0) is 0 Å². The third-order valence-corrected chi connectivity index (χ3v) is 2.84. The lowest BCUT2D eigenvalue weighted by molar-refractivity contribution is 0.436. The molecule has 0 spiro atoms. The van der Waals surface area contributed by atoms with Crippen LogP contribution in [0.5, 0.6) is 11.8 Å². The molecule has 0 bridgehead atoms. The highest BCUT2D eigenvalue weighted by molar-refractivity contribution is 7.80. The van der Waals surface area contributed by atoms with E-state index in [2.05, 4.69) is 9.97 Å². The molecule has 19 heavy (non-hydrogen) atoms. The van der Waals surface area contributed by atoms with E-state index in [1.165, 1.54) is 0 Å². The van der Waals surface area contributed by atoms with Crippen molar-refractivity contribution in [3.63, 3.8) is 0 Å². The Morgan fingerprint density at radius 3 is 2.58 bits per heavy atom. The van der Waals surface area contributed by atoms with Crippen LogP contribution >= 0.6 is 12.2 Å². The maximum absolute atomic E-state index is 5.72. The van der Waals surface area contributed by atoms with Gasteiger partial charge in [0.15, 0.2) is 0 Å². The van der Waals surface area contributed by atoms with Crippen molar-refractivity contribution in [1.29, 1.82) is 0 Å². The van der Waals surface area contributed by atoms with Gasteiger partial charge in [0.25, 0.3) is 0 Å². The van der Waals surface area contributed by atoms with Crippen molar-refractivity contribution >= 4 is 17.2 Å². The molecule has 0 fully saturated rings. The molecule has 0 aliphatic heterocycles. The van der Waals surface area contributed by atoms with Gasteiger partial charge in [-0.3, -0.25) is 0 Å². The molecule has 0 radical (unpaired) electrons. The van der Waals surface area contributed by atoms with Crippen LogP contribution in [0.15, 0.2) is 24.3 Å². The Balaban J connectivity index is 2.38. The van der Waals surface area contributed by atoms with Gasteiger partial charge in [-0.25, -0.2) is 4.98 Å². The smallest absolute Gasteiger partial charge is 0.322 e. The minimum Gasteiger partial charge on any atom is -0.424 e. The van der Waals surface area contributed by atoms with Crippen molar-refractivity contribution < 1.29 is 4.74 Å². The number of hydrogen-bond donors (Lipinski definition) is 1. The van der Waals surface area contributed by atoms with Crippen molar-refractivity contribution in [3.05, 3.63) is 46.8 Å². The molecule has 2 aromatic rings.